The summed E-state index contributed by atoms with van der Waals surface area (Å²) in [6, 6.07) is -0.512. The second-order valence-electron chi connectivity index (χ2n) is 8.13. The van der Waals surface area contributed by atoms with Crippen LogP contribution >= 0.6 is 23.7 Å². The fourth-order valence-corrected chi connectivity index (χ4v) is 5.30. The monoisotopic (exact) mass is 458 g/mol. The van der Waals surface area contributed by atoms with E-state index in [1.54, 1.807) is 24.0 Å². The summed E-state index contributed by atoms with van der Waals surface area (Å²) in [6.45, 7) is 5.89. The van der Waals surface area contributed by atoms with Gasteiger partial charge < -0.3 is 20.3 Å². The zero-order chi connectivity index (χ0) is 21.3. The standard InChI is InChI=1S/C20H30N4O4S.ClH/c1-12(2)9-14(21)18(26)23-6-5-13-15(10-23)29-20-17(13)19(27)22(3)11-16(25)24(20)7-8-28-4;/h12,14H,5-11,21H2,1-4H3;1H/t14-;/m0./s1. The van der Waals surface area contributed by atoms with E-state index in [0.717, 1.165) is 10.4 Å². The lowest BCUT2D eigenvalue weighted by atomic mass is 9.99. The van der Waals surface area contributed by atoms with Gasteiger partial charge in [0.15, 0.2) is 0 Å². The zero-order valence-corrected chi connectivity index (χ0v) is 19.6. The Hall–Kier alpha value is -1.68. The van der Waals surface area contributed by atoms with Crippen molar-refractivity contribution >= 4 is 46.5 Å². The molecule has 0 fully saturated rings. The van der Waals surface area contributed by atoms with E-state index in [9.17, 15) is 14.4 Å². The number of nitrogens with two attached hydrogens (primary N) is 1. The molecule has 1 aromatic rings. The number of methoxy groups -OCH3 is 1. The molecule has 0 aliphatic carbocycles. The number of hydrogen-bond acceptors (Lipinski definition) is 6. The average molecular weight is 459 g/mol. The molecule has 1 aromatic heterocycles. The first kappa shape index (κ1) is 24.6. The smallest absolute Gasteiger partial charge is 0.257 e. The summed E-state index contributed by atoms with van der Waals surface area (Å²) in [5.41, 5.74) is 7.67. The number of ether oxygens (including phenoxy) is 1. The molecule has 1 atom stereocenters. The first-order valence-electron chi connectivity index (χ1n) is 9.98. The molecule has 2 N–H and O–H groups in total. The first-order valence-corrected chi connectivity index (χ1v) is 10.8. The molecule has 3 heterocycles. The molecule has 2 aliphatic heterocycles. The Labute approximate surface area is 187 Å². The van der Waals surface area contributed by atoms with Crippen LogP contribution in [0.3, 0.4) is 0 Å². The van der Waals surface area contributed by atoms with Crippen molar-refractivity contribution in [1.82, 2.24) is 9.80 Å². The molecule has 8 nitrogen and oxygen atoms in total. The fourth-order valence-electron chi connectivity index (χ4n) is 3.90. The lowest BCUT2D eigenvalue weighted by Gasteiger charge is -2.30. The summed E-state index contributed by atoms with van der Waals surface area (Å²) in [5, 5.41) is 0.673. The maximum absolute atomic E-state index is 13.0. The van der Waals surface area contributed by atoms with Gasteiger partial charge >= 0.3 is 0 Å². The Morgan fingerprint density at radius 2 is 1.97 bits per heavy atom. The Kier molecular flexibility index (Phi) is 8.27. The molecule has 0 spiro atoms. The van der Waals surface area contributed by atoms with Crippen molar-refractivity contribution in [3.8, 4) is 0 Å². The highest BCUT2D eigenvalue weighted by molar-refractivity contribution is 7.17. The third-order valence-corrected chi connectivity index (χ3v) is 6.63. The maximum atomic E-state index is 13.0. The van der Waals surface area contributed by atoms with Crippen LogP contribution in [0.15, 0.2) is 0 Å². The number of fused-ring (bicyclic) bond motifs is 3. The van der Waals surface area contributed by atoms with E-state index in [-0.39, 0.29) is 36.7 Å². The number of anilines is 1. The van der Waals surface area contributed by atoms with Crippen molar-refractivity contribution in [2.24, 2.45) is 11.7 Å². The molecule has 0 saturated heterocycles. The van der Waals surface area contributed by atoms with E-state index < -0.39 is 6.04 Å². The van der Waals surface area contributed by atoms with Crippen LogP contribution in [0, 0.1) is 5.92 Å². The molecule has 0 radical (unpaired) electrons. The summed E-state index contributed by atoms with van der Waals surface area (Å²) >= 11 is 1.43. The van der Waals surface area contributed by atoms with Crippen LogP contribution in [0.4, 0.5) is 5.00 Å². The zero-order valence-electron chi connectivity index (χ0n) is 18.0. The molecular weight excluding hydrogens is 428 g/mol. The summed E-state index contributed by atoms with van der Waals surface area (Å²) < 4.78 is 5.16. The predicted molar refractivity (Wildman–Crippen MR) is 119 cm³/mol. The molecular formula is C20H31ClN4O4S. The summed E-state index contributed by atoms with van der Waals surface area (Å²) in [7, 11) is 3.24. The second-order valence-corrected chi connectivity index (χ2v) is 9.21. The van der Waals surface area contributed by atoms with Crippen LogP contribution < -0.4 is 10.6 Å². The van der Waals surface area contributed by atoms with Gasteiger partial charge in [0, 0.05) is 25.6 Å². The minimum atomic E-state index is -0.512. The number of rotatable bonds is 6. The van der Waals surface area contributed by atoms with E-state index in [1.807, 2.05) is 13.8 Å². The largest absolute Gasteiger partial charge is 0.383 e. The van der Waals surface area contributed by atoms with Crippen LogP contribution in [0.2, 0.25) is 0 Å². The Morgan fingerprint density at radius 1 is 1.27 bits per heavy atom. The highest BCUT2D eigenvalue weighted by Crippen LogP contribution is 2.41. The summed E-state index contributed by atoms with van der Waals surface area (Å²) in [5.74, 6) is 0.0357. The molecule has 2 aliphatic rings. The van der Waals surface area contributed by atoms with E-state index >= 15 is 0 Å². The molecule has 0 saturated carbocycles. The van der Waals surface area contributed by atoms with Gasteiger partial charge in [-0.25, -0.2) is 0 Å². The lowest BCUT2D eigenvalue weighted by molar-refractivity contribution is -0.133. The second kappa shape index (κ2) is 10.1. The number of amides is 3. The van der Waals surface area contributed by atoms with Crippen molar-refractivity contribution in [2.45, 2.75) is 39.3 Å². The van der Waals surface area contributed by atoms with Gasteiger partial charge in [0.1, 0.15) is 11.5 Å². The van der Waals surface area contributed by atoms with E-state index in [0.29, 0.717) is 55.6 Å². The summed E-state index contributed by atoms with van der Waals surface area (Å²) in [4.78, 5) is 44.3. The molecule has 3 rings (SSSR count). The van der Waals surface area contributed by atoms with E-state index in [1.165, 1.54) is 16.2 Å². The van der Waals surface area contributed by atoms with Gasteiger partial charge in [0.05, 0.1) is 31.3 Å². The van der Waals surface area contributed by atoms with Crippen LogP contribution in [-0.2, 0) is 27.3 Å². The number of carbonyl (C=O) groups excluding carboxylic acids is 3. The quantitative estimate of drug-likeness (QED) is 0.696. The predicted octanol–water partition coefficient (Wildman–Crippen LogP) is 1.49. The molecule has 30 heavy (non-hydrogen) atoms. The Bertz CT molecular complexity index is 813. The average Bonchev–Trinajstić information content (AvgIpc) is 3.00. The molecule has 10 heteroatoms. The number of carbonyl (C=O) groups is 3. The maximum Gasteiger partial charge on any atom is 0.257 e. The fraction of sp³-hybridized carbons (Fsp3) is 0.650. The lowest BCUT2D eigenvalue weighted by Crippen LogP contribution is -2.46. The van der Waals surface area contributed by atoms with Gasteiger partial charge in [-0.3, -0.25) is 19.3 Å². The Morgan fingerprint density at radius 3 is 2.60 bits per heavy atom. The number of thiophene rings is 1. The van der Waals surface area contributed by atoms with Gasteiger partial charge in [-0.15, -0.1) is 23.7 Å². The van der Waals surface area contributed by atoms with E-state index in [4.69, 9.17) is 10.5 Å². The van der Waals surface area contributed by atoms with Crippen molar-refractivity contribution < 1.29 is 19.1 Å². The molecule has 3 amide bonds. The van der Waals surface area contributed by atoms with Crippen LogP contribution in [0.5, 0.6) is 0 Å². The Balaban J connectivity index is 0.00000320. The van der Waals surface area contributed by atoms with Gasteiger partial charge in [-0.1, -0.05) is 13.8 Å². The third-order valence-electron chi connectivity index (χ3n) is 5.39. The van der Waals surface area contributed by atoms with Gasteiger partial charge in [0.2, 0.25) is 11.8 Å². The van der Waals surface area contributed by atoms with Crippen molar-refractivity contribution in [3.63, 3.8) is 0 Å². The topological polar surface area (TPSA) is 96.2 Å². The summed E-state index contributed by atoms with van der Waals surface area (Å²) in [6.07, 6.45) is 1.24. The molecule has 0 unspecified atom stereocenters. The van der Waals surface area contributed by atoms with Crippen LogP contribution in [-0.4, -0.2) is 74.0 Å². The number of likely N-dealkylation sites (N-methyl/N-ethyl adjacent to an activating group) is 1. The molecule has 0 bridgehead atoms. The number of hydrogen-bond donors (Lipinski definition) is 1. The highest BCUT2D eigenvalue weighted by atomic mass is 35.5. The number of halogens is 1. The van der Waals surface area contributed by atoms with Crippen molar-refractivity contribution in [2.75, 3.05) is 45.3 Å². The normalized spacial score (nSPS) is 17.5. The minimum Gasteiger partial charge on any atom is -0.383 e. The van der Waals surface area contributed by atoms with Gasteiger partial charge in [0.25, 0.3) is 5.91 Å². The van der Waals surface area contributed by atoms with Gasteiger partial charge in [-0.05, 0) is 24.3 Å². The third kappa shape index (κ3) is 4.80. The van der Waals surface area contributed by atoms with Crippen molar-refractivity contribution in [3.05, 3.63) is 16.0 Å². The number of nitrogens with zero attached hydrogens (tertiary/aromatic N) is 3. The van der Waals surface area contributed by atoms with Crippen molar-refractivity contribution in [1.29, 1.82) is 0 Å². The molecule has 168 valence electrons. The minimum absolute atomic E-state index is 0. The van der Waals surface area contributed by atoms with Gasteiger partial charge in [-0.2, -0.15) is 0 Å². The van der Waals surface area contributed by atoms with Crippen LogP contribution in [0.25, 0.3) is 0 Å². The van der Waals surface area contributed by atoms with E-state index in [2.05, 4.69) is 0 Å². The molecule has 0 aromatic carbocycles. The SMILES string of the molecule is COCCN1C(=O)CN(C)C(=O)c2c1sc1c2CCN(C(=O)[C@@H](N)CC(C)C)C1.Cl. The first-order chi connectivity index (χ1) is 13.7. The van der Waals surface area contributed by atoms with Crippen LogP contribution in [0.1, 0.15) is 41.1 Å². The highest BCUT2D eigenvalue weighted by Gasteiger charge is 2.37.